The summed E-state index contributed by atoms with van der Waals surface area (Å²) >= 11 is 3.88. The second-order valence-corrected chi connectivity index (χ2v) is 7.90. The highest BCUT2D eigenvalue weighted by Gasteiger charge is 2.33. The first-order valence-electron chi connectivity index (χ1n) is 9.70. The monoisotopic (exact) mass is 464 g/mol. The Kier molecular flexibility index (Phi) is 12.8. The van der Waals surface area contributed by atoms with Gasteiger partial charge in [0, 0.05) is 12.2 Å². The van der Waals surface area contributed by atoms with Crippen LogP contribution in [0.1, 0.15) is 40.0 Å². The summed E-state index contributed by atoms with van der Waals surface area (Å²) in [6.45, 7) is 4.74. The largest absolute Gasteiger partial charge is 0.481 e. The fourth-order valence-electron chi connectivity index (χ4n) is 2.51. The van der Waals surface area contributed by atoms with Crippen LogP contribution in [0.4, 0.5) is 0 Å². The molecule has 0 aromatic rings. The molecule has 5 unspecified atom stereocenters. The Labute approximate surface area is 185 Å². The number of amides is 3. The minimum absolute atomic E-state index is 0.0236. The van der Waals surface area contributed by atoms with Crippen molar-refractivity contribution in [1.82, 2.24) is 16.0 Å². The fourth-order valence-corrected chi connectivity index (χ4v) is 2.68. The summed E-state index contributed by atoms with van der Waals surface area (Å²) in [5, 5.41) is 34.9. The molecule has 0 fully saturated rings. The molecule has 5 atom stereocenters. The lowest BCUT2D eigenvalue weighted by Gasteiger charge is -2.26. The highest BCUT2D eigenvalue weighted by Crippen LogP contribution is 2.07. The molecule has 0 aliphatic carbocycles. The van der Waals surface area contributed by atoms with Crippen LogP contribution in [0.15, 0.2) is 0 Å². The van der Waals surface area contributed by atoms with Gasteiger partial charge in [-0.2, -0.15) is 12.6 Å². The van der Waals surface area contributed by atoms with E-state index in [9.17, 15) is 34.2 Å². The van der Waals surface area contributed by atoms with Crippen LogP contribution in [0.2, 0.25) is 0 Å². The van der Waals surface area contributed by atoms with E-state index in [4.69, 9.17) is 10.8 Å². The molecule has 0 saturated heterocycles. The molecule has 0 radical (unpaired) electrons. The van der Waals surface area contributed by atoms with Gasteiger partial charge in [-0.1, -0.05) is 13.8 Å². The second-order valence-electron chi connectivity index (χ2n) is 7.54. The van der Waals surface area contributed by atoms with Crippen molar-refractivity contribution < 1.29 is 39.3 Å². The minimum atomic E-state index is -1.54. The highest BCUT2D eigenvalue weighted by molar-refractivity contribution is 7.80. The zero-order valence-corrected chi connectivity index (χ0v) is 18.6. The van der Waals surface area contributed by atoms with Crippen LogP contribution in [0, 0.1) is 5.92 Å². The first kappa shape index (κ1) is 28.6. The summed E-state index contributed by atoms with van der Waals surface area (Å²) in [5.74, 6) is -5.18. The van der Waals surface area contributed by atoms with Gasteiger partial charge < -0.3 is 37.0 Å². The molecule has 0 saturated carbocycles. The van der Waals surface area contributed by atoms with Gasteiger partial charge in [-0.25, -0.2) is 4.79 Å². The number of hydrogen-bond acceptors (Lipinski definition) is 8. The Morgan fingerprint density at radius 3 is 1.87 bits per heavy atom. The summed E-state index contributed by atoms with van der Waals surface area (Å²) in [5.41, 5.74) is 5.55. The summed E-state index contributed by atoms with van der Waals surface area (Å²) in [7, 11) is 0. The van der Waals surface area contributed by atoms with Crippen molar-refractivity contribution in [2.75, 3.05) is 5.75 Å². The number of aliphatic hydroxyl groups excluding tert-OH is 1. The lowest BCUT2D eigenvalue weighted by molar-refractivity contribution is -0.143. The van der Waals surface area contributed by atoms with Gasteiger partial charge in [-0.15, -0.1) is 0 Å². The zero-order valence-electron chi connectivity index (χ0n) is 17.7. The molecule has 0 rings (SSSR count). The summed E-state index contributed by atoms with van der Waals surface area (Å²) in [6.07, 6.45) is -2.05. The lowest BCUT2D eigenvalue weighted by Crippen LogP contribution is -2.60. The molecule has 3 amide bonds. The van der Waals surface area contributed by atoms with Gasteiger partial charge in [0.25, 0.3) is 0 Å². The number of carboxylic acids is 2. The Balaban J connectivity index is 5.43. The van der Waals surface area contributed by atoms with E-state index in [0.29, 0.717) is 0 Å². The smallest absolute Gasteiger partial charge is 0.326 e. The Hall–Kier alpha value is -2.38. The van der Waals surface area contributed by atoms with Gasteiger partial charge in [0.05, 0.1) is 12.1 Å². The number of thiol groups is 1. The first-order chi connectivity index (χ1) is 14.3. The molecule has 12 nitrogen and oxygen atoms in total. The second kappa shape index (κ2) is 13.8. The van der Waals surface area contributed by atoms with Crippen LogP contribution in [0.3, 0.4) is 0 Å². The maximum atomic E-state index is 12.6. The van der Waals surface area contributed by atoms with Gasteiger partial charge in [-0.3, -0.25) is 19.2 Å². The lowest BCUT2D eigenvalue weighted by atomic mass is 10.0. The molecule has 0 bridgehead atoms. The van der Waals surface area contributed by atoms with E-state index in [0.717, 1.165) is 0 Å². The number of rotatable bonds is 14. The molecule has 13 heteroatoms. The van der Waals surface area contributed by atoms with Crippen molar-refractivity contribution in [3.8, 4) is 0 Å². The first-order valence-corrected chi connectivity index (χ1v) is 10.3. The van der Waals surface area contributed by atoms with Crippen molar-refractivity contribution in [3.63, 3.8) is 0 Å². The third-order valence-corrected chi connectivity index (χ3v) is 4.59. The van der Waals surface area contributed by atoms with E-state index >= 15 is 0 Å². The number of aliphatic hydroxyl groups is 1. The number of nitrogens with two attached hydrogens (primary N) is 1. The minimum Gasteiger partial charge on any atom is -0.481 e. The van der Waals surface area contributed by atoms with E-state index < -0.39 is 66.4 Å². The molecular formula is C18H32N4O8S. The molecule has 31 heavy (non-hydrogen) atoms. The van der Waals surface area contributed by atoms with Crippen LogP contribution in [0.25, 0.3) is 0 Å². The number of aliphatic carboxylic acids is 2. The summed E-state index contributed by atoms with van der Waals surface area (Å²) < 4.78 is 0. The molecule has 0 aromatic carbocycles. The summed E-state index contributed by atoms with van der Waals surface area (Å²) in [6, 6.07) is -5.17. The Bertz CT molecular complexity index is 658. The van der Waals surface area contributed by atoms with Gasteiger partial charge in [0.2, 0.25) is 17.7 Å². The molecular weight excluding hydrogens is 432 g/mol. The summed E-state index contributed by atoms with van der Waals surface area (Å²) in [4.78, 5) is 59.4. The average molecular weight is 465 g/mol. The van der Waals surface area contributed by atoms with Gasteiger partial charge in [0.1, 0.15) is 18.1 Å². The van der Waals surface area contributed by atoms with Gasteiger partial charge >= 0.3 is 11.9 Å². The maximum Gasteiger partial charge on any atom is 0.326 e. The third-order valence-electron chi connectivity index (χ3n) is 4.20. The Morgan fingerprint density at radius 1 is 0.903 bits per heavy atom. The topological polar surface area (TPSA) is 208 Å². The maximum absolute atomic E-state index is 12.6. The molecule has 0 spiro atoms. The number of carbonyl (C=O) groups excluding carboxylic acids is 3. The van der Waals surface area contributed by atoms with E-state index in [1.165, 1.54) is 6.92 Å². The normalized spacial score (nSPS) is 15.8. The van der Waals surface area contributed by atoms with Crippen molar-refractivity contribution in [1.29, 1.82) is 0 Å². The molecule has 0 aliphatic rings. The molecule has 8 N–H and O–H groups in total. The number of carbonyl (C=O) groups is 5. The van der Waals surface area contributed by atoms with Gasteiger partial charge in [0.15, 0.2) is 0 Å². The van der Waals surface area contributed by atoms with Crippen molar-refractivity contribution >= 4 is 42.3 Å². The van der Waals surface area contributed by atoms with E-state index in [-0.39, 0.29) is 24.5 Å². The number of hydrogen-bond donors (Lipinski definition) is 8. The van der Waals surface area contributed by atoms with Crippen LogP contribution in [-0.2, 0) is 24.0 Å². The van der Waals surface area contributed by atoms with E-state index in [1.807, 2.05) is 0 Å². The van der Waals surface area contributed by atoms with Crippen LogP contribution >= 0.6 is 12.6 Å². The molecule has 0 aliphatic heterocycles. The SMILES string of the molecule is CC(C)CC(NC(=O)C(NC(=O)C(CCC(=O)O)NC(=O)C(N)CS)C(C)O)C(=O)O. The third kappa shape index (κ3) is 11.0. The van der Waals surface area contributed by atoms with Gasteiger partial charge in [-0.05, 0) is 25.7 Å². The zero-order chi connectivity index (χ0) is 24.3. The molecule has 0 aromatic heterocycles. The Morgan fingerprint density at radius 2 is 1.45 bits per heavy atom. The van der Waals surface area contributed by atoms with Crippen LogP contribution in [0.5, 0.6) is 0 Å². The predicted molar refractivity (Wildman–Crippen MR) is 113 cm³/mol. The average Bonchev–Trinajstić information content (AvgIpc) is 2.66. The van der Waals surface area contributed by atoms with Crippen LogP contribution < -0.4 is 21.7 Å². The predicted octanol–water partition coefficient (Wildman–Crippen LogP) is -1.93. The van der Waals surface area contributed by atoms with Crippen molar-refractivity contribution in [2.24, 2.45) is 11.7 Å². The molecule has 178 valence electrons. The van der Waals surface area contributed by atoms with Crippen molar-refractivity contribution in [3.05, 3.63) is 0 Å². The standard InChI is InChI=1S/C18H32N4O8S/c1-8(2)6-12(18(29)30)21-17(28)14(9(3)23)22-16(27)11(4-5-13(24)25)20-15(26)10(19)7-31/h8-12,14,23,31H,4-7,19H2,1-3H3,(H,20,26)(H,21,28)(H,22,27)(H,24,25)(H,29,30). The number of nitrogens with one attached hydrogen (secondary N) is 3. The highest BCUT2D eigenvalue weighted by atomic mass is 32.1. The fraction of sp³-hybridized carbons (Fsp3) is 0.722. The van der Waals surface area contributed by atoms with E-state index in [1.54, 1.807) is 13.8 Å². The van der Waals surface area contributed by atoms with Crippen molar-refractivity contribution in [2.45, 2.75) is 70.3 Å². The molecule has 0 heterocycles. The quantitative estimate of drug-likeness (QED) is 0.134. The van der Waals surface area contributed by atoms with Crippen LogP contribution in [-0.4, -0.2) is 81.0 Å². The van der Waals surface area contributed by atoms with E-state index in [2.05, 4.69) is 28.6 Å². The number of carboxylic acid groups (broad SMARTS) is 2.